The Hall–Kier alpha value is -2.10. The number of rotatable bonds is 3. The van der Waals surface area contributed by atoms with E-state index in [-0.39, 0.29) is 5.91 Å². The van der Waals surface area contributed by atoms with Crippen molar-refractivity contribution in [3.05, 3.63) is 39.8 Å². The number of H-pyrrole nitrogens is 1. The van der Waals surface area contributed by atoms with E-state index in [0.717, 1.165) is 10.4 Å². The highest BCUT2D eigenvalue weighted by Gasteiger charge is 2.08. The number of carbonyl (C=O) groups excluding carboxylic acids is 1. The summed E-state index contributed by atoms with van der Waals surface area (Å²) in [6.45, 7) is 0.775. The Morgan fingerprint density at radius 3 is 3.17 bits per heavy atom. The molecule has 92 valence electrons. The Morgan fingerprint density at radius 2 is 2.44 bits per heavy atom. The number of hydrogen-bond donors (Lipinski definition) is 3. The van der Waals surface area contributed by atoms with Crippen molar-refractivity contribution < 1.29 is 4.79 Å². The smallest absolute Gasteiger partial charge is 0.261 e. The number of carbonyl (C=O) groups is 1. The molecule has 0 radical (unpaired) electrons. The predicted octanol–water partition coefficient (Wildman–Crippen LogP) is 0.711. The summed E-state index contributed by atoms with van der Waals surface area (Å²) in [6.07, 6.45) is 3.42. The van der Waals surface area contributed by atoms with Crippen LogP contribution < -0.4 is 11.1 Å². The lowest BCUT2D eigenvalue weighted by molar-refractivity contribution is 0.0955. The van der Waals surface area contributed by atoms with E-state index in [1.807, 2.05) is 6.07 Å². The zero-order valence-corrected chi connectivity index (χ0v) is 10.4. The maximum Gasteiger partial charge on any atom is 0.261 e. The van der Waals surface area contributed by atoms with Gasteiger partial charge >= 0.3 is 0 Å². The van der Waals surface area contributed by atoms with Crippen LogP contribution in [0.1, 0.15) is 20.1 Å². The predicted molar refractivity (Wildman–Crippen MR) is 70.0 cm³/mol. The number of nitrogens with one attached hydrogen (secondary N) is 2. The Balaban J connectivity index is 1.94. The van der Waals surface area contributed by atoms with Crippen molar-refractivity contribution in [2.24, 2.45) is 5.73 Å². The van der Waals surface area contributed by atoms with E-state index < -0.39 is 0 Å². The summed E-state index contributed by atoms with van der Waals surface area (Å²) in [5, 5.41) is 9.31. The number of nitrogens with two attached hydrogens (primary N) is 1. The molecule has 0 aliphatic rings. The van der Waals surface area contributed by atoms with Gasteiger partial charge < -0.3 is 11.1 Å². The first-order valence-corrected chi connectivity index (χ1v) is 6.16. The maximum atomic E-state index is 11.8. The lowest BCUT2D eigenvalue weighted by Gasteiger charge is -1.99. The molecule has 5 nitrogen and oxygen atoms in total. The van der Waals surface area contributed by atoms with Gasteiger partial charge in [0.15, 0.2) is 0 Å². The number of hydrogen-bond acceptors (Lipinski definition) is 4. The molecule has 1 amide bonds. The summed E-state index contributed by atoms with van der Waals surface area (Å²) in [4.78, 5) is 13.3. The SMILES string of the molecule is NCC#Cc1ccc(C(=O)NCc2cn[nH]c2)s1. The molecule has 2 heterocycles. The molecule has 2 aromatic rings. The molecule has 0 aliphatic heterocycles. The third-order valence-corrected chi connectivity index (χ3v) is 3.15. The van der Waals surface area contributed by atoms with E-state index >= 15 is 0 Å². The molecular weight excluding hydrogens is 248 g/mol. The van der Waals surface area contributed by atoms with Gasteiger partial charge in [-0.1, -0.05) is 11.8 Å². The van der Waals surface area contributed by atoms with Gasteiger partial charge in [0.25, 0.3) is 5.91 Å². The lowest BCUT2D eigenvalue weighted by atomic mass is 10.3. The number of amides is 1. The first kappa shape index (κ1) is 12.4. The summed E-state index contributed by atoms with van der Waals surface area (Å²) in [5.41, 5.74) is 6.22. The van der Waals surface area contributed by atoms with Crippen LogP contribution in [0.3, 0.4) is 0 Å². The van der Waals surface area contributed by atoms with Gasteiger partial charge in [0.05, 0.1) is 22.5 Å². The second-order valence-electron chi connectivity index (χ2n) is 3.46. The first-order chi connectivity index (χ1) is 8.79. The van der Waals surface area contributed by atoms with Crippen LogP contribution in [0.2, 0.25) is 0 Å². The van der Waals surface area contributed by atoms with Gasteiger partial charge in [-0.3, -0.25) is 9.89 Å². The van der Waals surface area contributed by atoms with Crippen molar-refractivity contribution in [3.63, 3.8) is 0 Å². The molecular formula is C12H12N4OS. The molecule has 18 heavy (non-hydrogen) atoms. The number of aromatic amines is 1. The molecule has 0 saturated carbocycles. The quantitative estimate of drug-likeness (QED) is 0.711. The van der Waals surface area contributed by atoms with E-state index in [0.29, 0.717) is 18.0 Å². The largest absolute Gasteiger partial charge is 0.347 e. The van der Waals surface area contributed by atoms with Crippen LogP contribution in [0.15, 0.2) is 24.5 Å². The van der Waals surface area contributed by atoms with E-state index in [1.54, 1.807) is 18.5 Å². The average molecular weight is 260 g/mol. The minimum absolute atomic E-state index is 0.109. The highest BCUT2D eigenvalue weighted by atomic mass is 32.1. The van der Waals surface area contributed by atoms with Crippen LogP contribution in [-0.4, -0.2) is 22.6 Å². The second kappa shape index (κ2) is 6.00. The third kappa shape index (κ3) is 3.20. The molecule has 0 spiro atoms. The maximum absolute atomic E-state index is 11.8. The first-order valence-electron chi connectivity index (χ1n) is 5.34. The van der Waals surface area contributed by atoms with E-state index in [4.69, 9.17) is 5.73 Å². The second-order valence-corrected chi connectivity index (χ2v) is 4.54. The molecule has 2 aromatic heterocycles. The Morgan fingerprint density at radius 1 is 1.56 bits per heavy atom. The van der Waals surface area contributed by atoms with Crippen molar-refractivity contribution in [1.82, 2.24) is 15.5 Å². The molecule has 0 aliphatic carbocycles. The lowest BCUT2D eigenvalue weighted by Crippen LogP contribution is -2.21. The van der Waals surface area contributed by atoms with Gasteiger partial charge in [0, 0.05) is 18.3 Å². The fourth-order valence-corrected chi connectivity index (χ4v) is 2.11. The molecule has 2 rings (SSSR count). The molecule has 4 N–H and O–H groups in total. The van der Waals surface area contributed by atoms with Crippen LogP contribution in [0.5, 0.6) is 0 Å². The van der Waals surface area contributed by atoms with E-state index in [9.17, 15) is 4.79 Å². The van der Waals surface area contributed by atoms with Crippen LogP contribution in [0.25, 0.3) is 0 Å². The minimum atomic E-state index is -0.109. The van der Waals surface area contributed by atoms with Gasteiger partial charge in [-0.05, 0) is 12.1 Å². The summed E-state index contributed by atoms with van der Waals surface area (Å²) < 4.78 is 0. The zero-order chi connectivity index (χ0) is 12.8. The van der Waals surface area contributed by atoms with Crippen molar-refractivity contribution in [3.8, 4) is 11.8 Å². The molecule has 6 heteroatoms. The van der Waals surface area contributed by atoms with Gasteiger partial charge in [-0.25, -0.2) is 0 Å². The summed E-state index contributed by atoms with van der Waals surface area (Å²) in [5.74, 6) is 5.54. The molecule has 0 aromatic carbocycles. The minimum Gasteiger partial charge on any atom is -0.347 e. The third-order valence-electron chi connectivity index (χ3n) is 2.15. The number of thiophene rings is 1. The Labute approximate surface area is 108 Å². The van der Waals surface area contributed by atoms with E-state index in [1.165, 1.54) is 11.3 Å². The van der Waals surface area contributed by atoms with Crippen LogP contribution in [-0.2, 0) is 6.54 Å². The molecule has 0 saturated heterocycles. The topological polar surface area (TPSA) is 83.8 Å². The Bertz CT molecular complexity index is 577. The summed E-state index contributed by atoms with van der Waals surface area (Å²) in [7, 11) is 0. The molecule has 0 unspecified atom stereocenters. The van der Waals surface area contributed by atoms with Crippen molar-refractivity contribution in [2.75, 3.05) is 6.54 Å². The normalized spacial score (nSPS) is 9.61. The van der Waals surface area contributed by atoms with Crippen LogP contribution in [0.4, 0.5) is 0 Å². The van der Waals surface area contributed by atoms with Crippen molar-refractivity contribution in [2.45, 2.75) is 6.54 Å². The highest BCUT2D eigenvalue weighted by molar-refractivity contribution is 7.14. The molecule has 0 fully saturated rings. The van der Waals surface area contributed by atoms with Crippen molar-refractivity contribution in [1.29, 1.82) is 0 Å². The monoisotopic (exact) mass is 260 g/mol. The number of nitrogens with zero attached hydrogens (tertiary/aromatic N) is 1. The summed E-state index contributed by atoms with van der Waals surface area (Å²) >= 11 is 1.35. The zero-order valence-electron chi connectivity index (χ0n) is 9.56. The van der Waals surface area contributed by atoms with Gasteiger partial charge in [-0.15, -0.1) is 11.3 Å². The van der Waals surface area contributed by atoms with Crippen molar-refractivity contribution >= 4 is 17.2 Å². The van der Waals surface area contributed by atoms with Gasteiger partial charge in [0.1, 0.15) is 0 Å². The Kier molecular flexibility index (Phi) is 4.12. The van der Waals surface area contributed by atoms with E-state index in [2.05, 4.69) is 27.4 Å². The van der Waals surface area contributed by atoms with Gasteiger partial charge in [-0.2, -0.15) is 5.10 Å². The van der Waals surface area contributed by atoms with Gasteiger partial charge in [0.2, 0.25) is 0 Å². The van der Waals surface area contributed by atoms with Crippen LogP contribution >= 0.6 is 11.3 Å². The fourth-order valence-electron chi connectivity index (χ4n) is 1.31. The summed E-state index contributed by atoms with van der Waals surface area (Å²) in [6, 6.07) is 3.58. The number of aromatic nitrogens is 2. The highest BCUT2D eigenvalue weighted by Crippen LogP contribution is 2.15. The fraction of sp³-hybridized carbons (Fsp3) is 0.167. The standard InChI is InChI=1S/C12H12N4OS/c13-5-1-2-10-3-4-11(18-10)12(17)14-6-9-7-15-16-8-9/h3-4,7-8H,5-6,13H2,(H,14,17)(H,15,16). The molecule has 0 bridgehead atoms. The van der Waals surface area contributed by atoms with Crippen LogP contribution in [0, 0.1) is 11.8 Å². The molecule has 0 atom stereocenters. The average Bonchev–Trinajstić information content (AvgIpc) is 3.04.